The number of thiazole rings is 1. The van der Waals surface area contributed by atoms with Gasteiger partial charge in [0.25, 0.3) is 0 Å². The largest absolute Gasteiger partial charge is 0.488 e. The van der Waals surface area contributed by atoms with Gasteiger partial charge in [0.05, 0.1) is 4.88 Å². The number of ether oxygens (including phenoxy) is 1. The van der Waals surface area contributed by atoms with Gasteiger partial charge in [-0.1, -0.05) is 23.7 Å². The number of aromatic nitrogens is 1. The molecular formula is C11H10ClNOS. The Bertz CT molecular complexity index is 455. The number of rotatable bonds is 3. The predicted octanol–water partition coefficient (Wildman–Crippen LogP) is 3.68. The Morgan fingerprint density at radius 1 is 1.47 bits per heavy atom. The molecule has 0 aliphatic carbocycles. The smallest absolute Gasteiger partial charge is 0.183 e. The van der Waals surface area contributed by atoms with Crippen molar-refractivity contribution in [1.82, 2.24) is 4.98 Å². The molecule has 15 heavy (non-hydrogen) atoms. The van der Waals surface area contributed by atoms with E-state index in [1.807, 2.05) is 31.2 Å². The van der Waals surface area contributed by atoms with Crippen LogP contribution in [-0.4, -0.2) is 4.98 Å². The molecule has 2 rings (SSSR count). The van der Waals surface area contributed by atoms with Gasteiger partial charge in [-0.3, -0.25) is 0 Å². The van der Waals surface area contributed by atoms with Crippen molar-refractivity contribution >= 4 is 22.9 Å². The molecule has 0 atom stereocenters. The Balaban J connectivity index is 1.99. The first-order chi connectivity index (χ1) is 7.24. The molecule has 0 aliphatic heterocycles. The second kappa shape index (κ2) is 4.64. The Kier molecular flexibility index (Phi) is 3.23. The van der Waals surface area contributed by atoms with E-state index in [9.17, 15) is 0 Å². The average Bonchev–Trinajstić information content (AvgIpc) is 2.62. The van der Waals surface area contributed by atoms with Crippen molar-refractivity contribution in [3.05, 3.63) is 45.4 Å². The molecule has 2 nitrogen and oxygen atoms in total. The fourth-order valence-electron chi connectivity index (χ4n) is 1.21. The summed E-state index contributed by atoms with van der Waals surface area (Å²) in [6, 6.07) is 7.96. The van der Waals surface area contributed by atoms with Crippen molar-refractivity contribution in [2.45, 2.75) is 13.5 Å². The van der Waals surface area contributed by atoms with E-state index in [-0.39, 0.29) is 0 Å². The quantitative estimate of drug-likeness (QED) is 0.815. The molecule has 0 saturated carbocycles. The number of nitrogens with zero attached hydrogens (tertiary/aromatic N) is 1. The lowest BCUT2D eigenvalue weighted by Gasteiger charge is -2.04. The molecular weight excluding hydrogens is 230 g/mol. The molecule has 2 aromatic rings. The van der Waals surface area contributed by atoms with E-state index in [0.29, 0.717) is 11.1 Å². The van der Waals surface area contributed by atoms with E-state index in [4.69, 9.17) is 16.3 Å². The third kappa shape index (κ3) is 2.94. The zero-order valence-corrected chi connectivity index (χ0v) is 9.81. The second-order valence-corrected chi connectivity index (χ2v) is 4.88. The van der Waals surface area contributed by atoms with E-state index >= 15 is 0 Å². The molecule has 4 heteroatoms. The standard InChI is InChI=1S/C11H10ClNOS/c1-8-3-2-4-9(5-8)14-7-10-6-13-11(12)15-10/h2-6H,7H2,1H3. The lowest BCUT2D eigenvalue weighted by molar-refractivity contribution is 0.309. The lowest BCUT2D eigenvalue weighted by atomic mass is 10.2. The van der Waals surface area contributed by atoms with Crippen molar-refractivity contribution in [3.8, 4) is 5.75 Å². The molecule has 0 radical (unpaired) electrons. The maximum atomic E-state index is 5.72. The summed E-state index contributed by atoms with van der Waals surface area (Å²) in [6.07, 6.45) is 1.74. The van der Waals surface area contributed by atoms with Crippen molar-refractivity contribution in [3.63, 3.8) is 0 Å². The number of benzene rings is 1. The summed E-state index contributed by atoms with van der Waals surface area (Å²) in [5, 5.41) is 0. The maximum absolute atomic E-state index is 5.72. The number of halogens is 1. The van der Waals surface area contributed by atoms with Gasteiger partial charge in [-0.2, -0.15) is 0 Å². The third-order valence-electron chi connectivity index (χ3n) is 1.90. The normalized spacial score (nSPS) is 10.3. The van der Waals surface area contributed by atoms with E-state index in [2.05, 4.69) is 4.98 Å². The average molecular weight is 240 g/mol. The summed E-state index contributed by atoms with van der Waals surface area (Å²) in [4.78, 5) is 4.98. The Morgan fingerprint density at radius 2 is 2.33 bits per heavy atom. The summed E-state index contributed by atoms with van der Waals surface area (Å²) in [7, 11) is 0. The first kappa shape index (κ1) is 10.5. The molecule has 0 saturated heterocycles. The fraction of sp³-hybridized carbons (Fsp3) is 0.182. The molecule has 1 heterocycles. The molecule has 0 aliphatic rings. The topological polar surface area (TPSA) is 22.1 Å². The summed E-state index contributed by atoms with van der Waals surface area (Å²) in [5.74, 6) is 0.875. The van der Waals surface area contributed by atoms with Gasteiger partial charge in [0, 0.05) is 6.20 Å². The summed E-state index contributed by atoms with van der Waals surface area (Å²) in [6.45, 7) is 2.56. The van der Waals surface area contributed by atoms with Crippen LogP contribution in [-0.2, 0) is 6.61 Å². The summed E-state index contributed by atoms with van der Waals surface area (Å²) < 4.78 is 6.15. The number of aryl methyl sites for hydroxylation is 1. The van der Waals surface area contributed by atoms with E-state index in [1.54, 1.807) is 6.20 Å². The second-order valence-electron chi connectivity index (χ2n) is 3.18. The van der Waals surface area contributed by atoms with Gasteiger partial charge in [0.2, 0.25) is 0 Å². The minimum Gasteiger partial charge on any atom is -0.488 e. The van der Waals surface area contributed by atoms with Crippen LogP contribution in [0.5, 0.6) is 5.75 Å². The van der Waals surface area contributed by atoms with Crippen LogP contribution in [0.1, 0.15) is 10.4 Å². The molecule has 0 bridgehead atoms. The van der Waals surface area contributed by atoms with Crippen molar-refractivity contribution in [1.29, 1.82) is 0 Å². The van der Waals surface area contributed by atoms with Crippen LogP contribution in [0.4, 0.5) is 0 Å². The van der Waals surface area contributed by atoms with Gasteiger partial charge in [-0.15, -0.1) is 11.3 Å². The van der Waals surface area contributed by atoms with Crippen molar-refractivity contribution in [2.24, 2.45) is 0 Å². The number of hydrogen-bond acceptors (Lipinski definition) is 3. The van der Waals surface area contributed by atoms with Crippen molar-refractivity contribution in [2.75, 3.05) is 0 Å². The van der Waals surface area contributed by atoms with Gasteiger partial charge in [-0.05, 0) is 24.6 Å². The van der Waals surface area contributed by atoms with Crippen LogP contribution >= 0.6 is 22.9 Å². The maximum Gasteiger partial charge on any atom is 0.183 e. The van der Waals surface area contributed by atoms with Gasteiger partial charge < -0.3 is 4.74 Å². The first-order valence-electron chi connectivity index (χ1n) is 4.54. The van der Waals surface area contributed by atoms with Gasteiger partial charge in [0.1, 0.15) is 12.4 Å². The van der Waals surface area contributed by atoms with Gasteiger partial charge in [0.15, 0.2) is 4.47 Å². The summed E-state index contributed by atoms with van der Waals surface area (Å²) >= 11 is 7.16. The monoisotopic (exact) mass is 239 g/mol. The molecule has 0 amide bonds. The fourth-order valence-corrected chi connectivity index (χ4v) is 2.10. The van der Waals surface area contributed by atoms with Crippen LogP contribution in [0, 0.1) is 6.92 Å². The van der Waals surface area contributed by atoms with Crippen LogP contribution in [0.15, 0.2) is 30.5 Å². The summed E-state index contributed by atoms with van der Waals surface area (Å²) in [5.41, 5.74) is 1.19. The Labute approximate surface area is 97.5 Å². The van der Waals surface area contributed by atoms with E-state index in [0.717, 1.165) is 10.6 Å². The SMILES string of the molecule is Cc1cccc(OCc2cnc(Cl)s2)c1. The van der Waals surface area contributed by atoms with E-state index in [1.165, 1.54) is 16.9 Å². The Hall–Kier alpha value is -1.06. The lowest BCUT2D eigenvalue weighted by Crippen LogP contribution is -1.92. The molecule has 0 spiro atoms. The first-order valence-corrected chi connectivity index (χ1v) is 5.73. The Morgan fingerprint density at radius 3 is 3.00 bits per heavy atom. The molecule has 78 valence electrons. The predicted molar refractivity (Wildman–Crippen MR) is 62.6 cm³/mol. The van der Waals surface area contributed by atoms with Gasteiger partial charge >= 0.3 is 0 Å². The molecule has 0 fully saturated rings. The van der Waals surface area contributed by atoms with Gasteiger partial charge in [-0.25, -0.2) is 4.98 Å². The van der Waals surface area contributed by atoms with Crippen molar-refractivity contribution < 1.29 is 4.74 Å². The molecule has 1 aromatic carbocycles. The highest BCUT2D eigenvalue weighted by Crippen LogP contribution is 2.20. The zero-order chi connectivity index (χ0) is 10.7. The minimum absolute atomic E-state index is 0.522. The molecule has 1 aromatic heterocycles. The van der Waals surface area contributed by atoms with Crippen LogP contribution < -0.4 is 4.74 Å². The molecule has 0 unspecified atom stereocenters. The third-order valence-corrected chi connectivity index (χ3v) is 2.98. The van der Waals surface area contributed by atoms with Crippen LogP contribution in [0.2, 0.25) is 4.47 Å². The van der Waals surface area contributed by atoms with Crippen LogP contribution in [0.3, 0.4) is 0 Å². The molecule has 0 N–H and O–H groups in total. The van der Waals surface area contributed by atoms with E-state index < -0.39 is 0 Å². The number of hydrogen-bond donors (Lipinski definition) is 0. The highest BCUT2D eigenvalue weighted by Gasteiger charge is 2.00. The van der Waals surface area contributed by atoms with Crippen LogP contribution in [0.25, 0.3) is 0 Å². The zero-order valence-electron chi connectivity index (χ0n) is 8.24. The highest BCUT2D eigenvalue weighted by atomic mass is 35.5. The highest BCUT2D eigenvalue weighted by molar-refractivity contribution is 7.15. The minimum atomic E-state index is 0.522.